The molecular formula is C18H17ClN4O3S. The van der Waals surface area contributed by atoms with Gasteiger partial charge < -0.3 is 19.9 Å². The lowest BCUT2D eigenvalue weighted by Crippen LogP contribution is -2.25. The molecule has 0 aliphatic rings. The minimum Gasteiger partial charge on any atom is -0.410 e. The van der Waals surface area contributed by atoms with Crippen molar-refractivity contribution >= 4 is 52.1 Å². The molecule has 9 heteroatoms. The van der Waals surface area contributed by atoms with Crippen LogP contribution >= 0.6 is 23.4 Å². The molecule has 0 fully saturated rings. The zero-order chi connectivity index (χ0) is 19.4. The number of anilines is 1. The fourth-order valence-corrected chi connectivity index (χ4v) is 2.96. The average molecular weight is 405 g/mol. The van der Waals surface area contributed by atoms with Gasteiger partial charge in [-0.25, -0.2) is 9.78 Å². The van der Waals surface area contributed by atoms with E-state index in [-0.39, 0.29) is 11.7 Å². The van der Waals surface area contributed by atoms with Crippen LogP contribution in [-0.4, -0.2) is 46.7 Å². The number of aromatic amines is 1. The number of fused-ring (bicyclic) bond motifs is 1. The number of ether oxygens (including phenoxy) is 1. The summed E-state index contributed by atoms with van der Waals surface area (Å²) in [5.74, 6) is 0.457. The summed E-state index contributed by atoms with van der Waals surface area (Å²) in [5, 5.41) is 4.01. The summed E-state index contributed by atoms with van der Waals surface area (Å²) in [5.41, 5.74) is 2.13. The first kappa shape index (κ1) is 19.1. The van der Waals surface area contributed by atoms with E-state index in [1.165, 1.54) is 16.7 Å². The number of hydrogen-bond acceptors (Lipinski definition) is 5. The molecule has 2 aromatic carbocycles. The van der Waals surface area contributed by atoms with Crippen molar-refractivity contribution in [1.82, 2.24) is 14.9 Å². The number of rotatable bonds is 5. The van der Waals surface area contributed by atoms with E-state index >= 15 is 0 Å². The van der Waals surface area contributed by atoms with Crippen LogP contribution in [0.2, 0.25) is 5.02 Å². The first-order valence-corrected chi connectivity index (χ1v) is 9.34. The molecule has 3 rings (SSSR count). The van der Waals surface area contributed by atoms with Gasteiger partial charge in [-0.05, 0) is 36.4 Å². The Morgan fingerprint density at radius 1 is 1.22 bits per heavy atom. The number of carbonyl (C=O) groups is 2. The Morgan fingerprint density at radius 2 is 1.96 bits per heavy atom. The third-order valence-corrected chi connectivity index (χ3v) is 4.60. The quantitative estimate of drug-likeness (QED) is 0.627. The zero-order valence-electron chi connectivity index (χ0n) is 14.7. The number of nitrogens with one attached hydrogen (secondary N) is 2. The van der Waals surface area contributed by atoms with Gasteiger partial charge >= 0.3 is 6.09 Å². The van der Waals surface area contributed by atoms with E-state index in [0.717, 1.165) is 5.52 Å². The summed E-state index contributed by atoms with van der Waals surface area (Å²) in [4.78, 5) is 32.6. The Morgan fingerprint density at radius 3 is 2.67 bits per heavy atom. The van der Waals surface area contributed by atoms with Crippen molar-refractivity contribution in [1.29, 1.82) is 0 Å². The molecule has 0 unspecified atom stereocenters. The largest absolute Gasteiger partial charge is 0.414 e. The number of imidazole rings is 1. The molecule has 0 spiro atoms. The van der Waals surface area contributed by atoms with E-state index in [0.29, 0.717) is 27.1 Å². The Labute approximate surface area is 165 Å². The number of nitrogens with zero attached hydrogens (tertiary/aromatic N) is 2. The van der Waals surface area contributed by atoms with Crippen molar-refractivity contribution in [3.8, 4) is 5.75 Å². The maximum Gasteiger partial charge on any atom is 0.414 e. The van der Waals surface area contributed by atoms with Crippen molar-refractivity contribution in [3.63, 3.8) is 0 Å². The van der Waals surface area contributed by atoms with Gasteiger partial charge in [-0.2, -0.15) is 0 Å². The van der Waals surface area contributed by atoms with Crippen LogP contribution in [0.5, 0.6) is 5.75 Å². The fraction of sp³-hybridized carbons (Fsp3) is 0.167. The Kier molecular flexibility index (Phi) is 5.88. The molecular weight excluding hydrogens is 388 g/mol. The molecule has 0 bridgehead atoms. The van der Waals surface area contributed by atoms with E-state index < -0.39 is 6.09 Å². The van der Waals surface area contributed by atoms with Crippen LogP contribution in [0.4, 0.5) is 10.5 Å². The van der Waals surface area contributed by atoms with Gasteiger partial charge in [0.1, 0.15) is 5.75 Å². The van der Waals surface area contributed by atoms with Gasteiger partial charge in [0.15, 0.2) is 5.16 Å². The van der Waals surface area contributed by atoms with Crippen molar-refractivity contribution in [2.75, 3.05) is 25.2 Å². The average Bonchev–Trinajstić information content (AvgIpc) is 3.04. The minimum atomic E-state index is -0.460. The summed E-state index contributed by atoms with van der Waals surface area (Å²) < 4.78 is 5.22. The topological polar surface area (TPSA) is 87.3 Å². The Balaban J connectivity index is 1.60. The molecule has 1 aromatic heterocycles. The molecule has 0 radical (unpaired) electrons. The van der Waals surface area contributed by atoms with Crippen LogP contribution in [0.15, 0.2) is 47.6 Å². The van der Waals surface area contributed by atoms with Crippen molar-refractivity contribution in [3.05, 3.63) is 47.5 Å². The van der Waals surface area contributed by atoms with Crippen LogP contribution in [0, 0.1) is 0 Å². The standard InChI is InChI=1S/C18H17ClN4O3S/c1-23(2)18(25)26-13-7-8-14-15(9-13)22-17(21-14)27-10-16(24)20-12-5-3-11(19)4-6-12/h3-9H,10H2,1-2H3,(H,20,24)(H,21,22). The van der Waals surface area contributed by atoms with E-state index in [9.17, 15) is 9.59 Å². The van der Waals surface area contributed by atoms with Gasteiger partial charge in [-0.3, -0.25) is 4.79 Å². The predicted molar refractivity (Wildman–Crippen MR) is 107 cm³/mol. The summed E-state index contributed by atoms with van der Waals surface area (Å²) in [6.07, 6.45) is -0.460. The lowest BCUT2D eigenvalue weighted by Gasteiger charge is -2.10. The lowest BCUT2D eigenvalue weighted by atomic mass is 10.3. The Hall–Kier alpha value is -2.71. The van der Waals surface area contributed by atoms with E-state index in [2.05, 4.69) is 15.3 Å². The molecule has 0 saturated carbocycles. The van der Waals surface area contributed by atoms with Crippen LogP contribution in [0.25, 0.3) is 11.0 Å². The highest BCUT2D eigenvalue weighted by atomic mass is 35.5. The lowest BCUT2D eigenvalue weighted by molar-refractivity contribution is -0.113. The number of thioether (sulfide) groups is 1. The van der Waals surface area contributed by atoms with Gasteiger partial charge in [0, 0.05) is 30.9 Å². The molecule has 0 atom stereocenters. The number of hydrogen-bond donors (Lipinski definition) is 2. The molecule has 0 aliphatic carbocycles. The molecule has 2 N–H and O–H groups in total. The number of H-pyrrole nitrogens is 1. The normalized spacial score (nSPS) is 10.6. The fourth-order valence-electron chi connectivity index (χ4n) is 2.15. The molecule has 27 heavy (non-hydrogen) atoms. The van der Waals surface area contributed by atoms with E-state index in [4.69, 9.17) is 16.3 Å². The zero-order valence-corrected chi connectivity index (χ0v) is 16.2. The van der Waals surface area contributed by atoms with Gasteiger partial charge in [-0.1, -0.05) is 23.4 Å². The monoisotopic (exact) mass is 404 g/mol. The molecule has 0 saturated heterocycles. The number of aromatic nitrogens is 2. The van der Waals surface area contributed by atoms with Crippen LogP contribution in [0.1, 0.15) is 0 Å². The first-order chi connectivity index (χ1) is 12.9. The van der Waals surface area contributed by atoms with Crippen molar-refractivity contribution in [2.45, 2.75) is 5.16 Å². The van der Waals surface area contributed by atoms with Crippen LogP contribution < -0.4 is 10.1 Å². The maximum absolute atomic E-state index is 12.1. The minimum absolute atomic E-state index is 0.150. The summed E-state index contributed by atoms with van der Waals surface area (Å²) >= 11 is 7.10. The number of amides is 2. The van der Waals surface area contributed by atoms with Gasteiger partial charge in [0.25, 0.3) is 0 Å². The highest BCUT2D eigenvalue weighted by molar-refractivity contribution is 7.99. The summed E-state index contributed by atoms with van der Waals surface area (Å²) in [6.45, 7) is 0. The van der Waals surface area contributed by atoms with Crippen LogP contribution in [0.3, 0.4) is 0 Å². The number of benzene rings is 2. The number of halogens is 1. The molecule has 7 nitrogen and oxygen atoms in total. The maximum atomic E-state index is 12.1. The molecule has 3 aromatic rings. The van der Waals surface area contributed by atoms with Gasteiger partial charge in [0.2, 0.25) is 5.91 Å². The second-order valence-electron chi connectivity index (χ2n) is 5.83. The second kappa shape index (κ2) is 8.32. The highest BCUT2D eigenvalue weighted by Gasteiger charge is 2.11. The van der Waals surface area contributed by atoms with Gasteiger partial charge in [-0.15, -0.1) is 0 Å². The third-order valence-electron chi connectivity index (χ3n) is 3.47. The van der Waals surface area contributed by atoms with E-state index in [1.807, 2.05) is 0 Å². The smallest absolute Gasteiger partial charge is 0.410 e. The summed E-state index contributed by atoms with van der Waals surface area (Å²) in [7, 11) is 3.22. The van der Waals surface area contributed by atoms with E-state index in [1.54, 1.807) is 56.6 Å². The predicted octanol–water partition coefficient (Wildman–Crippen LogP) is 4.01. The third kappa shape index (κ3) is 5.15. The molecule has 2 amide bonds. The SMILES string of the molecule is CN(C)C(=O)Oc1ccc2[nH]c(SCC(=O)Nc3ccc(Cl)cc3)nc2c1. The molecule has 140 valence electrons. The highest BCUT2D eigenvalue weighted by Crippen LogP contribution is 2.24. The van der Waals surface area contributed by atoms with Gasteiger partial charge in [0.05, 0.1) is 16.8 Å². The molecule has 1 heterocycles. The van der Waals surface area contributed by atoms with Crippen molar-refractivity contribution in [2.24, 2.45) is 0 Å². The Bertz CT molecular complexity index is 972. The van der Waals surface area contributed by atoms with Crippen molar-refractivity contribution < 1.29 is 14.3 Å². The van der Waals surface area contributed by atoms with Crippen LogP contribution in [-0.2, 0) is 4.79 Å². The first-order valence-electron chi connectivity index (χ1n) is 7.98. The molecule has 0 aliphatic heterocycles. The summed E-state index contributed by atoms with van der Waals surface area (Å²) in [6, 6.07) is 12.0. The number of carbonyl (C=O) groups excluding carboxylic acids is 2. The second-order valence-corrected chi connectivity index (χ2v) is 7.23.